The molecule has 2 heteroatoms. The maximum Gasteiger partial charge on any atom is 0.132 e. The predicted octanol–water partition coefficient (Wildman–Crippen LogP) is 4.60. The second kappa shape index (κ2) is 4.54. The Morgan fingerprint density at radius 3 is 2.57 bits per heavy atom. The molecule has 0 fully saturated rings. The Morgan fingerprint density at radius 1 is 1.36 bits per heavy atom. The molecule has 0 spiro atoms. The molecule has 1 aliphatic rings. The van der Waals surface area contributed by atoms with Gasteiger partial charge in [0, 0.05) is 12.0 Å². The van der Waals surface area contributed by atoms with Crippen LogP contribution in [0.3, 0.4) is 0 Å². The molecule has 0 radical (unpaired) electrons. The predicted molar refractivity (Wildman–Crippen MR) is 55.2 cm³/mol. The van der Waals surface area contributed by atoms with Gasteiger partial charge in [0.15, 0.2) is 0 Å². The number of hydrogen-bond donors (Lipinski definition) is 0. The zero-order valence-corrected chi connectivity index (χ0v) is 8.79. The van der Waals surface area contributed by atoms with Gasteiger partial charge >= 0.3 is 0 Å². The van der Waals surface area contributed by atoms with Crippen molar-refractivity contribution in [3.8, 4) is 0 Å². The van der Waals surface area contributed by atoms with Gasteiger partial charge in [0.05, 0.1) is 0 Å². The maximum absolute atomic E-state index is 13.6. The first-order valence-electron chi connectivity index (χ1n) is 5.00. The molecule has 0 unspecified atom stereocenters. The van der Waals surface area contributed by atoms with Crippen molar-refractivity contribution in [2.75, 3.05) is 0 Å². The van der Waals surface area contributed by atoms with Crippen molar-refractivity contribution in [2.45, 2.75) is 39.5 Å². The van der Waals surface area contributed by atoms with Gasteiger partial charge in [-0.15, -0.1) is 0 Å². The van der Waals surface area contributed by atoms with Crippen LogP contribution in [-0.4, -0.2) is 0 Å². The van der Waals surface area contributed by atoms with Crippen LogP contribution in [0.2, 0.25) is 0 Å². The molecule has 0 aliphatic heterocycles. The van der Waals surface area contributed by atoms with Crippen LogP contribution in [0.4, 0.5) is 8.78 Å². The second-order valence-corrected chi connectivity index (χ2v) is 3.68. The summed E-state index contributed by atoms with van der Waals surface area (Å²) in [6, 6.07) is 0. The molecule has 0 N–H and O–H groups in total. The molecular weight excluding hydrogens is 182 g/mol. The Balaban J connectivity index is 2.94. The summed E-state index contributed by atoms with van der Waals surface area (Å²) in [4.78, 5) is 0. The SMILES string of the molecule is C=C(CCC)C1=C(F)C(C)=C(F)CC1. The fraction of sp³-hybridized carbons (Fsp3) is 0.500. The highest BCUT2D eigenvalue weighted by atomic mass is 19.1. The molecule has 0 aromatic heterocycles. The Hall–Kier alpha value is -0.920. The summed E-state index contributed by atoms with van der Waals surface area (Å²) >= 11 is 0. The third kappa shape index (κ3) is 2.11. The standard InChI is InChI=1S/C12H16F2/c1-4-5-8(2)10-6-7-11(13)9(3)12(10)14/h2,4-7H2,1,3H3. The summed E-state index contributed by atoms with van der Waals surface area (Å²) in [5.74, 6) is -0.720. The topological polar surface area (TPSA) is 0 Å². The van der Waals surface area contributed by atoms with E-state index in [-0.39, 0.29) is 11.4 Å². The van der Waals surface area contributed by atoms with Crippen LogP contribution in [0.5, 0.6) is 0 Å². The first-order chi connectivity index (χ1) is 6.57. The zero-order valence-electron chi connectivity index (χ0n) is 8.79. The summed E-state index contributed by atoms with van der Waals surface area (Å²) in [5.41, 5.74) is 1.59. The van der Waals surface area contributed by atoms with Crippen molar-refractivity contribution in [1.82, 2.24) is 0 Å². The Kier molecular flexibility index (Phi) is 3.62. The minimum Gasteiger partial charge on any atom is -0.211 e. The van der Waals surface area contributed by atoms with E-state index in [9.17, 15) is 8.78 Å². The van der Waals surface area contributed by atoms with E-state index in [1.807, 2.05) is 6.92 Å². The van der Waals surface area contributed by atoms with E-state index in [1.54, 1.807) is 0 Å². The van der Waals surface area contributed by atoms with Crippen LogP contribution in [-0.2, 0) is 0 Å². The molecule has 0 amide bonds. The Morgan fingerprint density at radius 2 is 2.00 bits per heavy atom. The fourth-order valence-electron chi connectivity index (χ4n) is 1.66. The van der Waals surface area contributed by atoms with Crippen LogP contribution >= 0.6 is 0 Å². The van der Waals surface area contributed by atoms with E-state index >= 15 is 0 Å². The van der Waals surface area contributed by atoms with Gasteiger partial charge in [-0.1, -0.05) is 19.9 Å². The van der Waals surface area contributed by atoms with Crippen LogP contribution in [0.25, 0.3) is 0 Å². The molecule has 0 bridgehead atoms. The Labute approximate surface area is 84.0 Å². The number of hydrogen-bond acceptors (Lipinski definition) is 0. The van der Waals surface area contributed by atoms with Crippen LogP contribution in [0, 0.1) is 0 Å². The highest BCUT2D eigenvalue weighted by Crippen LogP contribution is 2.35. The van der Waals surface area contributed by atoms with Gasteiger partial charge < -0.3 is 0 Å². The lowest BCUT2D eigenvalue weighted by atomic mass is 9.91. The molecular formula is C12H16F2. The van der Waals surface area contributed by atoms with Crippen molar-refractivity contribution in [1.29, 1.82) is 0 Å². The molecule has 0 saturated heterocycles. The quantitative estimate of drug-likeness (QED) is 0.621. The van der Waals surface area contributed by atoms with Crippen molar-refractivity contribution in [3.05, 3.63) is 35.0 Å². The number of halogens is 2. The first kappa shape index (κ1) is 11.2. The maximum atomic E-state index is 13.6. The highest BCUT2D eigenvalue weighted by molar-refractivity contribution is 5.43. The minimum atomic E-state index is -0.396. The van der Waals surface area contributed by atoms with E-state index in [1.165, 1.54) is 6.92 Å². The molecule has 0 aromatic carbocycles. The van der Waals surface area contributed by atoms with Gasteiger partial charge in [0.25, 0.3) is 0 Å². The summed E-state index contributed by atoms with van der Waals surface area (Å²) in [6.07, 6.45) is 2.50. The molecule has 1 rings (SSSR count). The third-order valence-corrected chi connectivity index (χ3v) is 2.57. The van der Waals surface area contributed by atoms with Gasteiger partial charge in [0.1, 0.15) is 11.7 Å². The molecule has 1 aliphatic carbocycles. The van der Waals surface area contributed by atoms with Crippen molar-refractivity contribution >= 4 is 0 Å². The zero-order chi connectivity index (χ0) is 10.7. The van der Waals surface area contributed by atoms with Gasteiger partial charge in [0.2, 0.25) is 0 Å². The van der Waals surface area contributed by atoms with Gasteiger partial charge in [-0.3, -0.25) is 0 Å². The van der Waals surface area contributed by atoms with Gasteiger partial charge in [-0.2, -0.15) is 0 Å². The average molecular weight is 198 g/mol. The smallest absolute Gasteiger partial charge is 0.132 e. The van der Waals surface area contributed by atoms with E-state index in [0.717, 1.165) is 18.4 Å². The molecule has 0 nitrogen and oxygen atoms in total. The monoisotopic (exact) mass is 198 g/mol. The van der Waals surface area contributed by atoms with E-state index in [0.29, 0.717) is 18.4 Å². The summed E-state index contributed by atoms with van der Waals surface area (Å²) in [6.45, 7) is 7.35. The highest BCUT2D eigenvalue weighted by Gasteiger charge is 2.20. The lowest BCUT2D eigenvalue weighted by Crippen LogP contribution is -2.01. The molecule has 0 heterocycles. The number of allylic oxidation sites excluding steroid dienone is 5. The second-order valence-electron chi connectivity index (χ2n) is 3.68. The fourth-order valence-corrected chi connectivity index (χ4v) is 1.66. The first-order valence-corrected chi connectivity index (χ1v) is 5.00. The molecule has 0 saturated carbocycles. The van der Waals surface area contributed by atoms with Crippen molar-refractivity contribution in [2.24, 2.45) is 0 Å². The Bertz CT molecular complexity index is 308. The van der Waals surface area contributed by atoms with E-state index < -0.39 is 5.83 Å². The molecule has 0 atom stereocenters. The molecule has 0 aromatic rings. The summed E-state index contributed by atoms with van der Waals surface area (Å²) in [5, 5.41) is 0. The number of rotatable bonds is 3. The van der Waals surface area contributed by atoms with Crippen LogP contribution in [0.1, 0.15) is 39.5 Å². The molecule has 14 heavy (non-hydrogen) atoms. The normalized spacial score (nSPS) is 17.7. The average Bonchev–Trinajstić information content (AvgIpc) is 2.15. The van der Waals surface area contributed by atoms with Crippen LogP contribution in [0.15, 0.2) is 35.0 Å². The third-order valence-electron chi connectivity index (χ3n) is 2.57. The minimum absolute atomic E-state index is 0.156. The van der Waals surface area contributed by atoms with Crippen molar-refractivity contribution in [3.63, 3.8) is 0 Å². The molecule has 78 valence electrons. The van der Waals surface area contributed by atoms with Gasteiger partial charge in [-0.05, 0) is 30.9 Å². The van der Waals surface area contributed by atoms with Crippen LogP contribution < -0.4 is 0 Å². The summed E-state index contributed by atoms with van der Waals surface area (Å²) in [7, 11) is 0. The lowest BCUT2D eigenvalue weighted by molar-refractivity contribution is 0.530. The summed E-state index contributed by atoms with van der Waals surface area (Å²) < 4.78 is 26.6. The van der Waals surface area contributed by atoms with Gasteiger partial charge in [-0.25, -0.2) is 8.78 Å². The van der Waals surface area contributed by atoms with Crippen molar-refractivity contribution < 1.29 is 8.78 Å². The lowest BCUT2D eigenvalue weighted by Gasteiger charge is -2.17. The largest absolute Gasteiger partial charge is 0.211 e. The van der Waals surface area contributed by atoms with E-state index in [2.05, 4.69) is 6.58 Å². The van der Waals surface area contributed by atoms with E-state index in [4.69, 9.17) is 0 Å².